The maximum absolute atomic E-state index is 12.3. The van der Waals surface area contributed by atoms with Crippen LogP contribution in [0.3, 0.4) is 0 Å². The molecule has 4 heteroatoms. The van der Waals surface area contributed by atoms with E-state index in [9.17, 15) is 4.79 Å². The van der Waals surface area contributed by atoms with Crippen LogP contribution < -0.4 is 5.32 Å². The summed E-state index contributed by atoms with van der Waals surface area (Å²) in [7, 11) is 0. The Labute approximate surface area is 127 Å². The first-order valence-electron chi connectivity index (χ1n) is 6.49. The molecular weight excluding hydrogens is 293 g/mol. The molecule has 0 radical (unpaired) electrons. The van der Waals surface area contributed by atoms with Crippen molar-refractivity contribution in [3.63, 3.8) is 0 Å². The molecule has 0 aliphatic heterocycles. The highest BCUT2D eigenvalue weighted by Gasteiger charge is 2.24. The van der Waals surface area contributed by atoms with Crippen LogP contribution in [0.1, 0.15) is 33.9 Å². The van der Waals surface area contributed by atoms with E-state index < -0.39 is 0 Å². The molecular formula is C16H13Cl2NO. The first-order chi connectivity index (χ1) is 9.65. The highest BCUT2D eigenvalue weighted by molar-refractivity contribution is 6.36. The fraction of sp³-hybridized carbons (Fsp3) is 0.188. The topological polar surface area (TPSA) is 29.1 Å². The minimum atomic E-state index is -0.159. The second-order valence-corrected chi connectivity index (χ2v) is 5.73. The molecule has 20 heavy (non-hydrogen) atoms. The zero-order valence-electron chi connectivity index (χ0n) is 10.7. The van der Waals surface area contributed by atoms with Crippen LogP contribution >= 0.6 is 23.2 Å². The van der Waals surface area contributed by atoms with Gasteiger partial charge in [0, 0.05) is 5.02 Å². The first kappa shape index (κ1) is 13.5. The predicted octanol–water partition coefficient (Wildman–Crippen LogP) is 4.41. The molecule has 1 N–H and O–H groups in total. The van der Waals surface area contributed by atoms with Crippen molar-refractivity contribution in [3.8, 4) is 0 Å². The van der Waals surface area contributed by atoms with Crippen molar-refractivity contribution < 1.29 is 4.79 Å². The van der Waals surface area contributed by atoms with Gasteiger partial charge >= 0.3 is 0 Å². The van der Waals surface area contributed by atoms with Crippen molar-refractivity contribution in [1.82, 2.24) is 5.32 Å². The maximum atomic E-state index is 12.3. The lowest BCUT2D eigenvalue weighted by Gasteiger charge is -2.14. The van der Waals surface area contributed by atoms with E-state index in [0.29, 0.717) is 15.6 Å². The van der Waals surface area contributed by atoms with Gasteiger partial charge in [-0.2, -0.15) is 0 Å². The monoisotopic (exact) mass is 305 g/mol. The maximum Gasteiger partial charge on any atom is 0.253 e. The number of nitrogens with one attached hydrogen (secondary N) is 1. The van der Waals surface area contributed by atoms with Gasteiger partial charge in [0.2, 0.25) is 0 Å². The molecule has 0 spiro atoms. The average molecular weight is 306 g/mol. The fourth-order valence-electron chi connectivity index (χ4n) is 2.62. The summed E-state index contributed by atoms with van der Waals surface area (Å²) in [6.45, 7) is 0. The van der Waals surface area contributed by atoms with E-state index in [-0.39, 0.29) is 11.9 Å². The Balaban J connectivity index is 1.81. The van der Waals surface area contributed by atoms with Crippen molar-refractivity contribution in [2.75, 3.05) is 0 Å². The smallest absolute Gasteiger partial charge is 0.253 e. The van der Waals surface area contributed by atoms with Crippen LogP contribution in [0, 0.1) is 0 Å². The van der Waals surface area contributed by atoms with Crippen LogP contribution in [-0.4, -0.2) is 5.91 Å². The third-order valence-electron chi connectivity index (χ3n) is 3.61. The van der Waals surface area contributed by atoms with Gasteiger partial charge in [0.25, 0.3) is 5.91 Å². The number of fused-ring (bicyclic) bond motifs is 1. The molecule has 1 amide bonds. The molecule has 0 aromatic heterocycles. The standard InChI is InChI=1S/C16H13Cl2NO/c17-11-6-7-13(14(18)9-11)16(20)19-15-8-5-10-3-1-2-4-12(10)15/h1-4,6-7,9,15H,5,8H2,(H,19,20). The molecule has 3 rings (SSSR count). The van der Waals surface area contributed by atoms with Crippen LogP contribution in [0.15, 0.2) is 42.5 Å². The summed E-state index contributed by atoms with van der Waals surface area (Å²) in [6.07, 6.45) is 1.92. The van der Waals surface area contributed by atoms with Crippen LogP contribution in [0.5, 0.6) is 0 Å². The number of amides is 1. The Bertz CT molecular complexity index is 669. The zero-order valence-corrected chi connectivity index (χ0v) is 12.2. The molecule has 0 saturated heterocycles. The van der Waals surface area contributed by atoms with Crippen LogP contribution in [0.4, 0.5) is 0 Å². The van der Waals surface area contributed by atoms with E-state index in [4.69, 9.17) is 23.2 Å². The Morgan fingerprint density at radius 3 is 2.75 bits per heavy atom. The molecule has 0 bridgehead atoms. The number of rotatable bonds is 2. The van der Waals surface area contributed by atoms with E-state index in [1.54, 1.807) is 18.2 Å². The van der Waals surface area contributed by atoms with Crippen LogP contribution in [0.2, 0.25) is 10.0 Å². The lowest BCUT2D eigenvalue weighted by atomic mass is 10.1. The van der Waals surface area contributed by atoms with Crippen molar-refractivity contribution >= 4 is 29.1 Å². The van der Waals surface area contributed by atoms with E-state index in [1.165, 1.54) is 11.1 Å². The highest BCUT2D eigenvalue weighted by atomic mass is 35.5. The van der Waals surface area contributed by atoms with Gasteiger partial charge in [-0.25, -0.2) is 0 Å². The average Bonchev–Trinajstić information content (AvgIpc) is 2.82. The van der Waals surface area contributed by atoms with Crippen molar-refractivity contribution in [1.29, 1.82) is 0 Å². The zero-order chi connectivity index (χ0) is 14.1. The molecule has 0 heterocycles. The number of aryl methyl sites for hydroxylation is 1. The van der Waals surface area contributed by atoms with Gasteiger partial charge in [-0.1, -0.05) is 47.5 Å². The van der Waals surface area contributed by atoms with Gasteiger partial charge in [-0.3, -0.25) is 4.79 Å². The second kappa shape index (κ2) is 5.47. The van der Waals surface area contributed by atoms with Gasteiger partial charge < -0.3 is 5.32 Å². The van der Waals surface area contributed by atoms with Crippen molar-refractivity contribution in [2.24, 2.45) is 0 Å². The summed E-state index contributed by atoms with van der Waals surface area (Å²) in [5.74, 6) is -0.159. The molecule has 2 aromatic rings. The highest BCUT2D eigenvalue weighted by Crippen LogP contribution is 2.31. The molecule has 1 unspecified atom stereocenters. The first-order valence-corrected chi connectivity index (χ1v) is 7.24. The van der Waals surface area contributed by atoms with Gasteiger partial charge in [0.1, 0.15) is 0 Å². The predicted molar refractivity (Wildman–Crippen MR) is 81.4 cm³/mol. The molecule has 2 nitrogen and oxygen atoms in total. The third-order valence-corrected chi connectivity index (χ3v) is 4.16. The van der Waals surface area contributed by atoms with E-state index >= 15 is 0 Å². The Morgan fingerprint density at radius 1 is 1.15 bits per heavy atom. The quantitative estimate of drug-likeness (QED) is 0.875. The normalized spacial score (nSPS) is 16.8. The lowest BCUT2D eigenvalue weighted by molar-refractivity contribution is 0.0937. The summed E-state index contributed by atoms with van der Waals surface area (Å²) in [5.41, 5.74) is 2.96. The lowest BCUT2D eigenvalue weighted by Crippen LogP contribution is -2.27. The third kappa shape index (κ3) is 2.54. The van der Waals surface area contributed by atoms with Crippen LogP contribution in [0.25, 0.3) is 0 Å². The molecule has 1 aliphatic rings. The Hall–Kier alpha value is -1.51. The Kier molecular flexibility index (Phi) is 3.68. The number of halogens is 2. The summed E-state index contributed by atoms with van der Waals surface area (Å²) in [6, 6.07) is 13.2. The van der Waals surface area contributed by atoms with Gasteiger partial charge in [-0.15, -0.1) is 0 Å². The minimum absolute atomic E-state index is 0.0606. The Morgan fingerprint density at radius 2 is 1.95 bits per heavy atom. The fourth-order valence-corrected chi connectivity index (χ4v) is 3.11. The number of hydrogen-bond donors (Lipinski definition) is 1. The SMILES string of the molecule is O=C(NC1CCc2ccccc21)c1ccc(Cl)cc1Cl. The molecule has 0 saturated carbocycles. The van der Waals surface area contributed by atoms with E-state index in [0.717, 1.165) is 12.8 Å². The molecule has 1 aliphatic carbocycles. The number of benzene rings is 2. The summed E-state index contributed by atoms with van der Waals surface area (Å²) in [5, 5.41) is 3.95. The summed E-state index contributed by atoms with van der Waals surface area (Å²) >= 11 is 11.9. The molecule has 1 atom stereocenters. The van der Waals surface area contributed by atoms with Gasteiger partial charge in [-0.05, 0) is 42.2 Å². The van der Waals surface area contributed by atoms with E-state index in [1.807, 2.05) is 12.1 Å². The second-order valence-electron chi connectivity index (χ2n) is 4.89. The molecule has 2 aromatic carbocycles. The number of carbonyl (C=O) groups is 1. The molecule has 102 valence electrons. The molecule has 0 fully saturated rings. The van der Waals surface area contributed by atoms with Crippen LogP contribution in [-0.2, 0) is 6.42 Å². The van der Waals surface area contributed by atoms with Gasteiger partial charge in [0.15, 0.2) is 0 Å². The minimum Gasteiger partial charge on any atom is -0.345 e. The van der Waals surface area contributed by atoms with Crippen molar-refractivity contribution in [3.05, 3.63) is 69.2 Å². The number of carbonyl (C=O) groups excluding carboxylic acids is 1. The van der Waals surface area contributed by atoms with Gasteiger partial charge in [0.05, 0.1) is 16.6 Å². The summed E-state index contributed by atoms with van der Waals surface area (Å²) < 4.78 is 0. The largest absolute Gasteiger partial charge is 0.345 e. The van der Waals surface area contributed by atoms with E-state index in [2.05, 4.69) is 17.4 Å². The van der Waals surface area contributed by atoms with Crippen molar-refractivity contribution in [2.45, 2.75) is 18.9 Å². The number of hydrogen-bond acceptors (Lipinski definition) is 1. The summed E-state index contributed by atoms with van der Waals surface area (Å²) in [4.78, 5) is 12.3.